The number of piperazine rings is 1. The molecule has 1 fully saturated rings. The first-order chi connectivity index (χ1) is 14.7. The van der Waals surface area contributed by atoms with Crippen LogP contribution in [0.1, 0.15) is 15.9 Å². The van der Waals surface area contributed by atoms with Gasteiger partial charge in [-0.3, -0.25) is 9.59 Å². The molecule has 1 atom stereocenters. The normalized spacial score (nSPS) is 14.9. The fourth-order valence-electron chi connectivity index (χ4n) is 3.59. The summed E-state index contributed by atoms with van der Waals surface area (Å²) in [6, 6.07) is 18.2. The van der Waals surface area contributed by atoms with E-state index in [1.807, 2.05) is 58.8 Å². The molecule has 154 valence electrons. The summed E-state index contributed by atoms with van der Waals surface area (Å²) in [5.74, 6) is -0.270. The van der Waals surface area contributed by atoms with Crippen LogP contribution >= 0.6 is 11.3 Å². The van der Waals surface area contributed by atoms with E-state index in [-0.39, 0.29) is 11.8 Å². The Morgan fingerprint density at radius 2 is 1.63 bits per heavy atom. The molecule has 1 aliphatic rings. The lowest BCUT2D eigenvalue weighted by Gasteiger charge is -2.36. The molecule has 0 bridgehead atoms. The molecular weight excluding hydrogens is 396 g/mol. The summed E-state index contributed by atoms with van der Waals surface area (Å²) in [7, 11) is 0. The molecule has 0 spiro atoms. The summed E-state index contributed by atoms with van der Waals surface area (Å²) in [6.45, 7) is 2.71. The molecule has 2 amide bonds. The lowest BCUT2D eigenvalue weighted by Crippen LogP contribution is -2.55. The Labute approximate surface area is 180 Å². The average molecular weight is 421 g/mol. The molecule has 30 heavy (non-hydrogen) atoms. The number of amides is 2. The Balaban J connectivity index is 1.45. The Morgan fingerprint density at radius 1 is 0.967 bits per heavy atom. The van der Waals surface area contributed by atoms with Crippen molar-refractivity contribution in [3.05, 3.63) is 83.4 Å². The van der Waals surface area contributed by atoms with E-state index >= 15 is 0 Å². The lowest BCUT2D eigenvalue weighted by atomic mass is 10.0. The van der Waals surface area contributed by atoms with Gasteiger partial charge in [-0.2, -0.15) is 0 Å². The van der Waals surface area contributed by atoms with Crippen LogP contribution < -0.4 is 10.2 Å². The third kappa shape index (κ3) is 4.86. The number of carbonyl (C=O) groups is 2. The summed E-state index contributed by atoms with van der Waals surface area (Å²) in [5.41, 5.74) is 1.57. The zero-order chi connectivity index (χ0) is 20.8. The molecule has 1 N–H and O–H groups in total. The van der Waals surface area contributed by atoms with Gasteiger partial charge in [0.2, 0.25) is 5.91 Å². The molecule has 4 rings (SSSR count). The maximum Gasteiger partial charge on any atom is 0.251 e. The molecule has 7 heteroatoms. The van der Waals surface area contributed by atoms with Crippen LogP contribution in [0.5, 0.6) is 0 Å². The molecule has 0 saturated carbocycles. The number of carbonyl (C=O) groups excluding carboxylic acids is 2. The van der Waals surface area contributed by atoms with Crippen molar-refractivity contribution in [2.24, 2.45) is 0 Å². The van der Waals surface area contributed by atoms with Gasteiger partial charge in [0.15, 0.2) is 5.13 Å². The van der Waals surface area contributed by atoms with Crippen LogP contribution in [0, 0.1) is 0 Å². The second-order valence-corrected chi connectivity index (χ2v) is 8.08. The summed E-state index contributed by atoms with van der Waals surface area (Å²) in [5, 5.41) is 5.91. The summed E-state index contributed by atoms with van der Waals surface area (Å²) >= 11 is 1.61. The Morgan fingerprint density at radius 3 is 2.27 bits per heavy atom. The zero-order valence-corrected chi connectivity index (χ0v) is 17.4. The van der Waals surface area contributed by atoms with Gasteiger partial charge >= 0.3 is 0 Å². The van der Waals surface area contributed by atoms with Crippen LogP contribution in [0.2, 0.25) is 0 Å². The van der Waals surface area contributed by atoms with Crippen molar-refractivity contribution in [1.29, 1.82) is 0 Å². The number of nitrogens with one attached hydrogen (secondary N) is 1. The van der Waals surface area contributed by atoms with Gasteiger partial charge in [0.05, 0.1) is 0 Å². The fourth-order valence-corrected chi connectivity index (χ4v) is 4.29. The number of rotatable bonds is 6. The van der Waals surface area contributed by atoms with E-state index in [0.717, 1.165) is 23.8 Å². The molecule has 1 aliphatic heterocycles. The highest BCUT2D eigenvalue weighted by atomic mass is 32.1. The summed E-state index contributed by atoms with van der Waals surface area (Å²) < 4.78 is 0. The van der Waals surface area contributed by atoms with E-state index < -0.39 is 6.04 Å². The second-order valence-electron chi connectivity index (χ2n) is 7.21. The number of nitrogens with zero attached hydrogens (tertiary/aromatic N) is 3. The first kappa shape index (κ1) is 20.1. The fraction of sp³-hybridized carbons (Fsp3) is 0.261. The van der Waals surface area contributed by atoms with Crippen LogP contribution in [0.3, 0.4) is 0 Å². The van der Waals surface area contributed by atoms with Crippen molar-refractivity contribution in [1.82, 2.24) is 15.2 Å². The van der Waals surface area contributed by atoms with Crippen LogP contribution in [0.4, 0.5) is 5.13 Å². The van der Waals surface area contributed by atoms with Gasteiger partial charge < -0.3 is 15.1 Å². The predicted molar refractivity (Wildman–Crippen MR) is 119 cm³/mol. The van der Waals surface area contributed by atoms with E-state index in [1.54, 1.807) is 29.7 Å². The molecule has 0 aliphatic carbocycles. The number of hydrogen-bond acceptors (Lipinski definition) is 5. The SMILES string of the molecule is O=C(NC(Cc1ccccc1)C(=O)N1CCN(c2nccs2)CC1)c1ccccc1. The predicted octanol–water partition coefficient (Wildman–Crippen LogP) is 2.83. The Kier molecular flexibility index (Phi) is 6.39. The number of anilines is 1. The van der Waals surface area contributed by atoms with Gasteiger partial charge in [-0.05, 0) is 17.7 Å². The first-order valence-electron chi connectivity index (χ1n) is 10.0. The minimum absolute atomic E-state index is 0.0399. The topological polar surface area (TPSA) is 65.5 Å². The van der Waals surface area contributed by atoms with Gasteiger partial charge in [-0.1, -0.05) is 48.5 Å². The average Bonchev–Trinajstić information content (AvgIpc) is 3.34. The number of aromatic nitrogens is 1. The van der Waals surface area contributed by atoms with Crippen LogP contribution in [-0.2, 0) is 11.2 Å². The van der Waals surface area contributed by atoms with Crippen molar-refractivity contribution in [3.8, 4) is 0 Å². The van der Waals surface area contributed by atoms with Crippen LogP contribution in [-0.4, -0.2) is 53.9 Å². The monoisotopic (exact) mass is 420 g/mol. The summed E-state index contributed by atoms with van der Waals surface area (Å²) in [6.07, 6.45) is 2.26. The van der Waals surface area contributed by atoms with Crippen molar-refractivity contribution < 1.29 is 9.59 Å². The third-order valence-electron chi connectivity index (χ3n) is 5.20. The summed E-state index contributed by atoms with van der Waals surface area (Å²) in [4.78, 5) is 34.5. The zero-order valence-electron chi connectivity index (χ0n) is 16.6. The quantitative estimate of drug-likeness (QED) is 0.666. The highest BCUT2D eigenvalue weighted by Crippen LogP contribution is 2.19. The highest BCUT2D eigenvalue weighted by molar-refractivity contribution is 7.13. The third-order valence-corrected chi connectivity index (χ3v) is 6.04. The second kappa shape index (κ2) is 9.54. The number of hydrogen-bond donors (Lipinski definition) is 1. The maximum absolute atomic E-state index is 13.3. The molecule has 1 unspecified atom stereocenters. The smallest absolute Gasteiger partial charge is 0.251 e. The van der Waals surface area contributed by atoms with E-state index in [0.29, 0.717) is 25.1 Å². The van der Waals surface area contributed by atoms with Crippen molar-refractivity contribution in [2.75, 3.05) is 31.1 Å². The van der Waals surface area contributed by atoms with Crippen LogP contribution in [0.15, 0.2) is 72.2 Å². The number of thiazole rings is 1. The van der Waals surface area contributed by atoms with Crippen molar-refractivity contribution in [2.45, 2.75) is 12.5 Å². The molecule has 1 saturated heterocycles. The molecule has 1 aromatic heterocycles. The van der Waals surface area contributed by atoms with Crippen molar-refractivity contribution >= 4 is 28.3 Å². The molecule has 3 aromatic rings. The van der Waals surface area contributed by atoms with Gasteiger partial charge in [0.1, 0.15) is 6.04 Å². The minimum Gasteiger partial charge on any atom is -0.345 e. The van der Waals surface area contributed by atoms with Gasteiger partial charge in [0.25, 0.3) is 5.91 Å². The highest BCUT2D eigenvalue weighted by Gasteiger charge is 2.29. The first-order valence-corrected chi connectivity index (χ1v) is 10.9. The van der Waals surface area contributed by atoms with Gasteiger partial charge in [0, 0.05) is 49.7 Å². The van der Waals surface area contributed by atoms with E-state index in [2.05, 4.69) is 15.2 Å². The standard InChI is InChI=1S/C23H24N4O2S/c28-21(19-9-5-2-6-10-19)25-20(17-18-7-3-1-4-8-18)22(29)26-12-14-27(15-13-26)23-24-11-16-30-23/h1-11,16,20H,12-15,17H2,(H,25,28). The Hall–Kier alpha value is -3.19. The molecular formula is C23H24N4O2S. The minimum atomic E-state index is -0.605. The maximum atomic E-state index is 13.3. The van der Waals surface area contributed by atoms with Crippen LogP contribution in [0.25, 0.3) is 0 Å². The van der Waals surface area contributed by atoms with E-state index in [1.165, 1.54) is 0 Å². The van der Waals surface area contributed by atoms with Gasteiger partial charge in [-0.25, -0.2) is 4.98 Å². The Bertz CT molecular complexity index is 955. The van der Waals surface area contributed by atoms with Gasteiger partial charge in [-0.15, -0.1) is 11.3 Å². The molecule has 2 heterocycles. The molecule has 0 radical (unpaired) electrons. The van der Waals surface area contributed by atoms with Crippen molar-refractivity contribution in [3.63, 3.8) is 0 Å². The van der Waals surface area contributed by atoms with E-state index in [9.17, 15) is 9.59 Å². The molecule has 2 aromatic carbocycles. The largest absolute Gasteiger partial charge is 0.345 e. The van der Waals surface area contributed by atoms with E-state index in [4.69, 9.17) is 0 Å². The molecule has 6 nitrogen and oxygen atoms in total. The number of benzene rings is 2. The lowest BCUT2D eigenvalue weighted by molar-refractivity contribution is -0.133.